The molecule has 1 aromatic carbocycles. The van der Waals surface area contributed by atoms with Crippen LogP contribution in [0.1, 0.15) is 12.6 Å². The van der Waals surface area contributed by atoms with Gasteiger partial charge in [-0.05, 0) is 19.1 Å². The predicted molar refractivity (Wildman–Crippen MR) is 110 cm³/mol. The molecule has 0 aliphatic heterocycles. The summed E-state index contributed by atoms with van der Waals surface area (Å²) in [5.74, 6) is 0. The lowest BCUT2D eigenvalue weighted by atomic mass is 10.2. The molecule has 28 heavy (non-hydrogen) atoms. The molecule has 1 atom stereocenters. The van der Waals surface area contributed by atoms with E-state index in [1.165, 1.54) is 0 Å². The Balaban J connectivity index is 1.82. The van der Waals surface area contributed by atoms with Crippen molar-refractivity contribution in [3.63, 3.8) is 0 Å². The molecular weight excluding hydrogens is 358 g/mol. The Labute approximate surface area is 163 Å². The summed E-state index contributed by atoms with van der Waals surface area (Å²) in [4.78, 5) is 34.9. The van der Waals surface area contributed by atoms with Gasteiger partial charge in [0.05, 0.1) is 28.1 Å². The lowest BCUT2D eigenvalue weighted by Gasteiger charge is -2.20. The maximum atomic E-state index is 12.5. The van der Waals surface area contributed by atoms with E-state index in [1.54, 1.807) is 41.8 Å². The number of benzene rings is 1. The van der Waals surface area contributed by atoms with Gasteiger partial charge in [0.25, 0.3) is 0 Å². The molecular formula is C19H25N7O2. The van der Waals surface area contributed by atoms with Crippen LogP contribution in [0.15, 0.2) is 35.5 Å². The molecule has 0 saturated heterocycles. The lowest BCUT2D eigenvalue weighted by molar-refractivity contribution is 0.249. The molecule has 2 heterocycles. The number of amides is 2. The van der Waals surface area contributed by atoms with E-state index in [0.717, 1.165) is 22.4 Å². The molecule has 3 rings (SSSR count). The van der Waals surface area contributed by atoms with Crippen LogP contribution < -0.4 is 21.2 Å². The molecule has 0 spiro atoms. The van der Waals surface area contributed by atoms with E-state index >= 15 is 0 Å². The molecule has 2 amide bonds. The highest BCUT2D eigenvalue weighted by molar-refractivity contribution is 5.97. The SMILES string of the molecule is CC(Cc1cnccn1)NC(=O)Nc1cc2c(cc1N(C)C)n(C)c(=O)n2C. The summed E-state index contributed by atoms with van der Waals surface area (Å²) < 4.78 is 3.16. The molecule has 1 unspecified atom stereocenters. The van der Waals surface area contributed by atoms with Crippen molar-refractivity contribution in [3.8, 4) is 0 Å². The molecule has 0 saturated carbocycles. The number of aryl methyl sites for hydroxylation is 2. The van der Waals surface area contributed by atoms with Gasteiger partial charge in [-0.25, -0.2) is 9.59 Å². The second-order valence-corrected chi connectivity index (χ2v) is 7.05. The monoisotopic (exact) mass is 383 g/mol. The average molecular weight is 383 g/mol. The Morgan fingerprint density at radius 2 is 1.86 bits per heavy atom. The molecule has 3 aromatic rings. The van der Waals surface area contributed by atoms with Crippen LogP contribution in [0.4, 0.5) is 16.2 Å². The lowest BCUT2D eigenvalue weighted by Crippen LogP contribution is -2.37. The number of hydrogen-bond donors (Lipinski definition) is 2. The van der Waals surface area contributed by atoms with Gasteiger partial charge in [-0.2, -0.15) is 0 Å². The van der Waals surface area contributed by atoms with E-state index < -0.39 is 0 Å². The van der Waals surface area contributed by atoms with Gasteiger partial charge in [0, 0.05) is 59.2 Å². The fourth-order valence-corrected chi connectivity index (χ4v) is 3.19. The number of imidazole rings is 1. The van der Waals surface area contributed by atoms with E-state index in [1.807, 2.05) is 38.1 Å². The van der Waals surface area contributed by atoms with Gasteiger partial charge in [-0.3, -0.25) is 19.1 Å². The summed E-state index contributed by atoms with van der Waals surface area (Å²) in [5.41, 5.74) is 3.69. The largest absolute Gasteiger partial charge is 0.376 e. The zero-order valence-corrected chi connectivity index (χ0v) is 16.7. The first-order valence-electron chi connectivity index (χ1n) is 8.97. The Morgan fingerprint density at radius 3 is 2.46 bits per heavy atom. The van der Waals surface area contributed by atoms with Crippen molar-refractivity contribution < 1.29 is 4.79 Å². The molecule has 148 valence electrons. The molecule has 0 radical (unpaired) electrons. The molecule has 9 heteroatoms. The van der Waals surface area contributed by atoms with Crippen LogP contribution in [-0.2, 0) is 20.5 Å². The number of carbonyl (C=O) groups excluding carboxylic acids is 1. The van der Waals surface area contributed by atoms with Crippen molar-refractivity contribution in [3.05, 3.63) is 46.9 Å². The second kappa shape index (κ2) is 7.71. The van der Waals surface area contributed by atoms with Crippen LogP contribution in [0.25, 0.3) is 11.0 Å². The van der Waals surface area contributed by atoms with E-state index in [2.05, 4.69) is 20.6 Å². The van der Waals surface area contributed by atoms with E-state index in [9.17, 15) is 9.59 Å². The summed E-state index contributed by atoms with van der Waals surface area (Å²) >= 11 is 0. The van der Waals surface area contributed by atoms with Gasteiger partial charge < -0.3 is 15.5 Å². The number of hydrogen-bond acceptors (Lipinski definition) is 5. The Morgan fingerprint density at radius 1 is 1.18 bits per heavy atom. The van der Waals surface area contributed by atoms with Crippen molar-refractivity contribution in [2.24, 2.45) is 14.1 Å². The molecule has 0 aliphatic rings. The first kappa shape index (κ1) is 19.4. The summed E-state index contributed by atoms with van der Waals surface area (Å²) in [6.45, 7) is 1.91. The quantitative estimate of drug-likeness (QED) is 0.696. The normalized spacial score (nSPS) is 12.0. The maximum Gasteiger partial charge on any atom is 0.328 e. The number of urea groups is 1. The van der Waals surface area contributed by atoms with Gasteiger partial charge in [0.15, 0.2) is 0 Å². The summed E-state index contributed by atoms with van der Waals surface area (Å²) in [7, 11) is 7.23. The van der Waals surface area contributed by atoms with Crippen LogP contribution in [0.5, 0.6) is 0 Å². The van der Waals surface area contributed by atoms with Crippen LogP contribution in [0, 0.1) is 0 Å². The van der Waals surface area contributed by atoms with E-state index in [4.69, 9.17) is 0 Å². The molecule has 2 N–H and O–H groups in total. The molecule has 9 nitrogen and oxygen atoms in total. The van der Waals surface area contributed by atoms with Crippen LogP contribution >= 0.6 is 0 Å². The standard InChI is InChI=1S/C19H25N7O2/c1-12(8-13-11-20-6-7-21-13)22-18(27)23-14-9-16-17(10-15(14)24(2)3)26(5)19(28)25(16)4/h6-7,9-12H,8H2,1-5H3,(H2,22,23,27). The number of rotatable bonds is 5. The predicted octanol–water partition coefficient (Wildman–Crippen LogP) is 1.49. The number of carbonyl (C=O) groups is 1. The third-order valence-electron chi connectivity index (χ3n) is 4.63. The minimum Gasteiger partial charge on any atom is -0.376 e. The first-order valence-corrected chi connectivity index (χ1v) is 8.97. The van der Waals surface area contributed by atoms with Crippen molar-refractivity contribution in [2.75, 3.05) is 24.3 Å². The van der Waals surface area contributed by atoms with Gasteiger partial charge in [0.1, 0.15) is 0 Å². The van der Waals surface area contributed by atoms with Gasteiger partial charge in [0.2, 0.25) is 0 Å². The Hall–Kier alpha value is -3.36. The van der Waals surface area contributed by atoms with Gasteiger partial charge in [-0.1, -0.05) is 0 Å². The van der Waals surface area contributed by atoms with Crippen molar-refractivity contribution in [1.82, 2.24) is 24.4 Å². The average Bonchev–Trinajstić information content (AvgIpc) is 2.85. The van der Waals surface area contributed by atoms with E-state index in [0.29, 0.717) is 12.1 Å². The molecule has 0 aliphatic carbocycles. The Kier molecular flexibility index (Phi) is 5.34. The second-order valence-electron chi connectivity index (χ2n) is 7.05. The first-order chi connectivity index (χ1) is 13.3. The third kappa shape index (κ3) is 3.83. The smallest absolute Gasteiger partial charge is 0.328 e. The third-order valence-corrected chi connectivity index (χ3v) is 4.63. The van der Waals surface area contributed by atoms with Crippen molar-refractivity contribution in [1.29, 1.82) is 0 Å². The van der Waals surface area contributed by atoms with Crippen LogP contribution in [0.3, 0.4) is 0 Å². The molecule has 0 fully saturated rings. The summed E-state index contributed by atoms with van der Waals surface area (Å²) in [5, 5.41) is 5.82. The number of nitrogens with zero attached hydrogens (tertiary/aromatic N) is 5. The highest BCUT2D eigenvalue weighted by atomic mass is 16.2. The number of anilines is 2. The van der Waals surface area contributed by atoms with E-state index in [-0.39, 0.29) is 17.8 Å². The molecule has 0 bridgehead atoms. The number of aromatic nitrogens is 4. The maximum absolute atomic E-state index is 12.5. The summed E-state index contributed by atoms with van der Waals surface area (Å²) in [6, 6.07) is 3.28. The van der Waals surface area contributed by atoms with Gasteiger partial charge in [-0.15, -0.1) is 0 Å². The zero-order valence-electron chi connectivity index (χ0n) is 16.7. The minimum absolute atomic E-state index is 0.112. The number of fused-ring (bicyclic) bond motifs is 1. The Bertz CT molecular complexity index is 1050. The topological polar surface area (TPSA) is 97.1 Å². The summed E-state index contributed by atoms with van der Waals surface area (Å²) in [6.07, 6.45) is 5.51. The van der Waals surface area contributed by atoms with Crippen LogP contribution in [-0.4, -0.2) is 45.3 Å². The minimum atomic E-state index is -0.320. The fourth-order valence-electron chi connectivity index (χ4n) is 3.19. The van der Waals surface area contributed by atoms with Crippen LogP contribution in [0.2, 0.25) is 0 Å². The van der Waals surface area contributed by atoms with Crippen molar-refractivity contribution >= 4 is 28.4 Å². The highest BCUT2D eigenvalue weighted by Gasteiger charge is 2.16. The zero-order chi connectivity index (χ0) is 20.4. The molecule has 2 aromatic heterocycles. The number of nitrogens with one attached hydrogen (secondary N) is 2. The van der Waals surface area contributed by atoms with Gasteiger partial charge >= 0.3 is 11.7 Å². The fraction of sp³-hybridized carbons (Fsp3) is 0.368. The highest BCUT2D eigenvalue weighted by Crippen LogP contribution is 2.29. The van der Waals surface area contributed by atoms with Crippen molar-refractivity contribution in [2.45, 2.75) is 19.4 Å².